The molecule has 28 heavy (non-hydrogen) atoms. The average Bonchev–Trinajstić information content (AvgIpc) is 3.26. The molecular formula is C23H27N3O2. The molecule has 0 saturated carbocycles. The first-order valence-electron chi connectivity index (χ1n) is 9.99. The molecule has 2 N–H and O–H groups in total. The van der Waals surface area contributed by atoms with Crippen LogP contribution in [0.3, 0.4) is 0 Å². The Hall–Kier alpha value is -2.50. The number of allylic oxidation sites excluding steroid dienone is 2. The molecule has 0 bridgehead atoms. The van der Waals surface area contributed by atoms with Gasteiger partial charge in [0.15, 0.2) is 0 Å². The number of hydrogen-bond acceptors (Lipinski definition) is 4. The van der Waals surface area contributed by atoms with E-state index in [4.69, 9.17) is 0 Å². The molecule has 1 saturated heterocycles. The van der Waals surface area contributed by atoms with Gasteiger partial charge < -0.3 is 15.3 Å². The topological polar surface area (TPSA) is 65.5 Å². The summed E-state index contributed by atoms with van der Waals surface area (Å²) in [5.74, 6) is 0.184. The molecule has 2 aromatic rings. The third-order valence-corrected chi connectivity index (χ3v) is 5.94. The van der Waals surface area contributed by atoms with Gasteiger partial charge in [0.05, 0.1) is 6.61 Å². The highest BCUT2D eigenvalue weighted by atomic mass is 16.3. The fourth-order valence-electron chi connectivity index (χ4n) is 4.39. The number of amides is 1. The minimum absolute atomic E-state index is 0.0149. The fourth-order valence-corrected chi connectivity index (χ4v) is 4.39. The number of pyridine rings is 1. The van der Waals surface area contributed by atoms with Crippen LogP contribution in [0.2, 0.25) is 0 Å². The normalized spacial score (nSPS) is 23.8. The van der Waals surface area contributed by atoms with Crippen molar-refractivity contribution in [3.63, 3.8) is 0 Å². The second kappa shape index (κ2) is 8.25. The Bertz CT molecular complexity index is 848. The van der Waals surface area contributed by atoms with Gasteiger partial charge in [-0.1, -0.05) is 30.3 Å². The number of aromatic nitrogens is 1. The van der Waals surface area contributed by atoms with Gasteiger partial charge in [-0.2, -0.15) is 0 Å². The summed E-state index contributed by atoms with van der Waals surface area (Å²) in [6.45, 7) is 0.686. The first-order chi connectivity index (χ1) is 13.7. The van der Waals surface area contributed by atoms with Crippen LogP contribution in [0.15, 0.2) is 54.9 Å². The molecule has 0 spiro atoms. The highest BCUT2D eigenvalue weighted by molar-refractivity contribution is 5.93. The second-order valence-corrected chi connectivity index (χ2v) is 7.75. The quantitative estimate of drug-likeness (QED) is 0.812. The standard InChI is InChI=1S/C23H27N3O2/c1-26(23(28)19-10-12-24-13-11-19)14-20-22(21(15-27)25-20)18-8-6-17(7-9-18)16-4-2-3-5-16/h4,6-13,20-22,25,27H,2-3,5,14-15H2,1H3/t20-,21+,22-/m0/s1. The molecule has 1 amide bonds. The van der Waals surface area contributed by atoms with Crippen molar-refractivity contribution in [2.45, 2.75) is 37.3 Å². The van der Waals surface area contributed by atoms with Crippen molar-refractivity contribution in [2.75, 3.05) is 20.2 Å². The Morgan fingerprint density at radius 1 is 1.18 bits per heavy atom. The van der Waals surface area contributed by atoms with Crippen molar-refractivity contribution in [2.24, 2.45) is 0 Å². The van der Waals surface area contributed by atoms with Crippen LogP contribution in [0.5, 0.6) is 0 Å². The number of nitrogens with zero attached hydrogens (tertiary/aromatic N) is 2. The molecule has 3 atom stereocenters. The predicted octanol–water partition coefficient (Wildman–Crippen LogP) is 2.84. The van der Waals surface area contributed by atoms with E-state index in [0.717, 1.165) is 6.42 Å². The van der Waals surface area contributed by atoms with Crippen LogP contribution < -0.4 is 5.32 Å². The van der Waals surface area contributed by atoms with Crippen LogP contribution in [0, 0.1) is 0 Å². The number of carbonyl (C=O) groups excluding carboxylic acids is 1. The number of aliphatic hydroxyl groups excluding tert-OH is 1. The van der Waals surface area contributed by atoms with Gasteiger partial charge in [0.1, 0.15) is 0 Å². The molecule has 146 valence electrons. The summed E-state index contributed by atoms with van der Waals surface area (Å²) in [5.41, 5.74) is 4.60. The molecule has 2 aliphatic rings. The number of carbonyl (C=O) groups is 1. The molecule has 1 aliphatic carbocycles. The molecule has 5 nitrogen and oxygen atoms in total. The van der Waals surface area contributed by atoms with E-state index in [1.54, 1.807) is 29.4 Å². The van der Waals surface area contributed by atoms with Gasteiger partial charge in [-0.3, -0.25) is 9.78 Å². The molecule has 5 heteroatoms. The van der Waals surface area contributed by atoms with Crippen LogP contribution in [0.4, 0.5) is 0 Å². The molecule has 1 aromatic heterocycles. The summed E-state index contributed by atoms with van der Waals surface area (Å²) >= 11 is 0. The lowest BCUT2D eigenvalue weighted by molar-refractivity contribution is 0.0683. The molecule has 2 heterocycles. The number of benzene rings is 1. The van der Waals surface area contributed by atoms with E-state index in [1.807, 2.05) is 7.05 Å². The van der Waals surface area contributed by atoms with E-state index < -0.39 is 0 Å². The molecule has 1 aliphatic heterocycles. The highest BCUT2D eigenvalue weighted by Crippen LogP contribution is 2.34. The minimum atomic E-state index is -0.0149. The van der Waals surface area contributed by atoms with Gasteiger partial charge in [-0.15, -0.1) is 0 Å². The summed E-state index contributed by atoms with van der Waals surface area (Å²) in [7, 11) is 1.82. The van der Waals surface area contributed by atoms with Crippen LogP contribution in [-0.2, 0) is 0 Å². The van der Waals surface area contributed by atoms with E-state index in [0.29, 0.717) is 12.1 Å². The molecule has 1 fully saturated rings. The Labute approximate surface area is 166 Å². The Morgan fingerprint density at radius 3 is 2.57 bits per heavy atom. The van der Waals surface area contributed by atoms with Crippen molar-refractivity contribution < 1.29 is 9.90 Å². The van der Waals surface area contributed by atoms with Crippen molar-refractivity contribution in [3.8, 4) is 0 Å². The number of nitrogens with one attached hydrogen (secondary N) is 1. The lowest BCUT2D eigenvalue weighted by Crippen LogP contribution is -2.64. The monoisotopic (exact) mass is 377 g/mol. The largest absolute Gasteiger partial charge is 0.395 e. The molecule has 0 radical (unpaired) electrons. The Kier molecular flexibility index (Phi) is 5.55. The van der Waals surface area contributed by atoms with Crippen LogP contribution >= 0.6 is 0 Å². The minimum Gasteiger partial charge on any atom is -0.395 e. The lowest BCUT2D eigenvalue weighted by Gasteiger charge is -2.47. The van der Waals surface area contributed by atoms with Crippen LogP contribution in [-0.4, -0.2) is 53.2 Å². The fraction of sp³-hybridized carbons (Fsp3) is 0.391. The zero-order valence-corrected chi connectivity index (χ0v) is 16.2. The first kappa shape index (κ1) is 18.8. The van der Waals surface area contributed by atoms with Gasteiger partial charge in [0, 0.05) is 49.6 Å². The maximum Gasteiger partial charge on any atom is 0.253 e. The summed E-state index contributed by atoms with van der Waals surface area (Å²) in [6, 6.07) is 12.4. The lowest BCUT2D eigenvalue weighted by atomic mass is 9.77. The molecule has 1 aromatic carbocycles. The van der Waals surface area contributed by atoms with Gasteiger partial charge in [-0.05, 0) is 48.1 Å². The molecule has 0 unspecified atom stereocenters. The maximum atomic E-state index is 12.6. The van der Waals surface area contributed by atoms with Gasteiger partial charge in [0.2, 0.25) is 0 Å². The molecule has 4 rings (SSSR count). The SMILES string of the molecule is CN(C[C@@H]1N[C@H](CO)[C@H]1c1ccc(C2=CCCC2)cc1)C(=O)c1ccncc1. The van der Waals surface area contributed by atoms with Gasteiger partial charge in [-0.25, -0.2) is 0 Å². The van der Waals surface area contributed by atoms with E-state index >= 15 is 0 Å². The average molecular weight is 377 g/mol. The zero-order valence-electron chi connectivity index (χ0n) is 16.2. The maximum absolute atomic E-state index is 12.6. The van der Waals surface area contributed by atoms with Crippen molar-refractivity contribution >= 4 is 11.5 Å². The third kappa shape index (κ3) is 3.73. The summed E-state index contributed by atoms with van der Waals surface area (Å²) < 4.78 is 0. The van der Waals surface area contributed by atoms with Gasteiger partial charge in [0.25, 0.3) is 5.91 Å². The first-order valence-corrected chi connectivity index (χ1v) is 9.99. The Balaban J connectivity index is 1.45. The van der Waals surface area contributed by atoms with E-state index in [9.17, 15) is 9.90 Å². The predicted molar refractivity (Wildman–Crippen MR) is 110 cm³/mol. The summed E-state index contributed by atoms with van der Waals surface area (Å²) in [6.07, 6.45) is 9.18. The summed E-state index contributed by atoms with van der Waals surface area (Å²) in [4.78, 5) is 18.3. The smallest absolute Gasteiger partial charge is 0.253 e. The number of rotatable bonds is 6. The van der Waals surface area contributed by atoms with Crippen LogP contribution in [0.25, 0.3) is 5.57 Å². The zero-order chi connectivity index (χ0) is 19.5. The number of hydrogen-bond donors (Lipinski definition) is 2. The van der Waals surface area contributed by atoms with Crippen molar-refractivity contribution in [3.05, 3.63) is 71.6 Å². The highest BCUT2D eigenvalue weighted by Gasteiger charge is 2.41. The van der Waals surface area contributed by atoms with Gasteiger partial charge >= 0.3 is 0 Å². The van der Waals surface area contributed by atoms with E-state index in [2.05, 4.69) is 40.6 Å². The Morgan fingerprint density at radius 2 is 1.93 bits per heavy atom. The second-order valence-electron chi connectivity index (χ2n) is 7.75. The molecular weight excluding hydrogens is 350 g/mol. The third-order valence-electron chi connectivity index (χ3n) is 5.94. The van der Waals surface area contributed by atoms with E-state index in [-0.39, 0.29) is 30.5 Å². The van der Waals surface area contributed by atoms with E-state index in [1.165, 1.54) is 29.5 Å². The number of likely N-dealkylation sites (N-methyl/N-ethyl adjacent to an activating group) is 1. The van der Waals surface area contributed by atoms with Crippen molar-refractivity contribution in [1.29, 1.82) is 0 Å². The summed E-state index contributed by atoms with van der Waals surface area (Å²) in [5, 5.41) is 13.1. The van der Waals surface area contributed by atoms with Crippen LogP contribution in [0.1, 0.15) is 46.7 Å². The van der Waals surface area contributed by atoms with Crippen molar-refractivity contribution in [1.82, 2.24) is 15.2 Å². The number of aliphatic hydroxyl groups is 1.